The highest BCUT2D eigenvalue weighted by atomic mass is 32.1. The summed E-state index contributed by atoms with van der Waals surface area (Å²) in [5.74, 6) is -0.0217. The maximum atomic E-state index is 12.2. The number of aromatic nitrogens is 2. The molecule has 0 spiro atoms. The molecule has 0 amide bonds. The van der Waals surface area contributed by atoms with Gasteiger partial charge in [-0.05, 0) is 43.7 Å². The van der Waals surface area contributed by atoms with Gasteiger partial charge in [0.2, 0.25) is 0 Å². The highest BCUT2D eigenvalue weighted by Gasteiger charge is 2.07. The first-order valence-corrected chi connectivity index (χ1v) is 8.37. The van der Waals surface area contributed by atoms with E-state index >= 15 is 0 Å². The number of ketones is 1. The Balaban J connectivity index is 1.72. The molecule has 23 heavy (non-hydrogen) atoms. The third-order valence-electron chi connectivity index (χ3n) is 3.50. The third-order valence-corrected chi connectivity index (χ3v) is 4.60. The topological polar surface area (TPSA) is 34.9 Å². The molecule has 0 saturated carbocycles. The second-order valence-electron chi connectivity index (χ2n) is 5.57. The molecule has 0 aliphatic carbocycles. The number of carbonyl (C=O) groups excluding carboxylic acids is 1. The van der Waals surface area contributed by atoms with E-state index in [1.165, 1.54) is 10.4 Å². The lowest BCUT2D eigenvalue weighted by molar-refractivity contribution is 0.104. The van der Waals surface area contributed by atoms with Crippen LogP contribution in [0.1, 0.15) is 35.1 Å². The average molecular weight is 322 g/mol. The van der Waals surface area contributed by atoms with Crippen molar-refractivity contribution in [1.82, 2.24) is 9.78 Å². The summed E-state index contributed by atoms with van der Waals surface area (Å²) in [7, 11) is 0. The molecule has 0 fully saturated rings. The smallest absolute Gasteiger partial charge is 0.189 e. The Bertz CT molecular complexity index is 828. The molecular formula is C19H18N2OS. The van der Waals surface area contributed by atoms with Crippen molar-refractivity contribution in [3.05, 3.63) is 71.4 Å². The van der Waals surface area contributed by atoms with Crippen LogP contribution in [0.2, 0.25) is 0 Å². The molecule has 3 aromatic rings. The van der Waals surface area contributed by atoms with Crippen molar-refractivity contribution in [2.75, 3.05) is 0 Å². The molecule has 116 valence electrons. The quantitative estimate of drug-likeness (QED) is 0.484. The summed E-state index contributed by atoms with van der Waals surface area (Å²) in [5.41, 5.74) is 1.82. The number of rotatable bonds is 5. The number of hydrogen-bond donors (Lipinski definition) is 0. The zero-order chi connectivity index (χ0) is 16.2. The number of nitrogens with zero attached hydrogens (tertiary/aromatic N) is 2. The third kappa shape index (κ3) is 3.66. The molecule has 0 saturated heterocycles. The summed E-state index contributed by atoms with van der Waals surface area (Å²) in [5, 5.41) is 4.20. The average Bonchev–Trinajstić information content (AvgIpc) is 3.23. The van der Waals surface area contributed by atoms with Crippen LogP contribution in [0.5, 0.6) is 0 Å². The van der Waals surface area contributed by atoms with Crippen molar-refractivity contribution in [2.24, 2.45) is 0 Å². The van der Waals surface area contributed by atoms with Gasteiger partial charge in [0, 0.05) is 22.0 Å². The van der Waals surface area contributed by atoms with Gasteiger partial charge in [0.15, 0.2) is 5.78 Å². The Hall–Kier alpha value is -2.46. The molecule has 0 atom stereocenters. The predicted molar refractivity (Wildman–Crippen MR) is 95.7 cm³/mol. The SMILES string of the molecule is CC(C)n1cc(C(=O)/C=C/c2ccc(-c3ccccc3)s2)cn1. The van der Waals surface area contributed by atoms with E-state index in [0.29, 0.717) is 5.56 Å². The highest BCUT2D eigenvalue weighted by molar-refractivity contribution is 7.16. The molecule has 2 aromatic heterocycles. The Morgan fingerprint density at radius 3 is 2.65 bits per heavy atom. The zero-order valence-electron chi connectivity index (χ0n) is 13.1. The molecule has 0 unspecified atom stereocenters. The fourth-order valence-corrected chi connectivity index (χ4v) is 3.12. The Labute approximate surface area is 139 Å². The van der Waals surface area contributed by atoms with Gasteiger partial charge in [-0.15, -0.1) is 11.3 Å². The molecule has 0 bridgehead atoms. The summed E-state index contributed by atoms with van der Waals surface area (Å²) in [6.07, 6.45) is 6.89. The van der Waals surface area contributed by atoms with Crippen molar-refractivity contribution < 1.29 is 4.79 Å². The van der Waals surface area contributed by atoms with Crippen molar-refractivity contribution >= 4 is 23.2 Å². The van der Waals surface area contributed by atoms with E-state index in [4.69, 9.17) is 0 Å². The molecule has 0 radical (unpaired) electrons. The molecule has 0 aliphatic heterocycles. The summed E-state index contributed by atoms with van der Waals surface area (Å²) >= 11 is 1.67. The number of thiophene rings is 1. The van der Waals surface area contributed by atoms with Crippen LogP contribution in [0.4, 0.5) is 0 Å². The van der Waals surface area contributed by atoms with E-state index in [1.807, 2.05) is 44.2 Å². The van der Waals surface area contributed by atoms with Crippen molar-refractivity contribution in [3.63, 3.8) is 0 Å². The molecule has 4 heteroatoms. The number of allylic oxidation sites excluding steroid dienone is 1. The van der Waals surface area contributed by atoms with Gasteiger partial charge in [-0.25, -0.2) is 0 Å². The van der Waals surface area contributed by atoms with E-state index in [9.17, 15) is 4.79 Å². The van der Waals surface area contributed by atoms with E-state index in [-0.39, 0.29) is 11.8 Å². The molecule has 3 rings (SSSR count). The van der Waals surface area contributed by atoms with Gasteiger partial charge >= 0.3 is 0 Å². The molecular weight excluding hydrogens is 304 g/mol. The first kappa shape index (κ1) is 15.4. The lowest BCUT2D eigenvalue weighted by Gasteiger charge is -2.02. The lowest BCUT2D eigenvalue weighted by atomic mass is 10.2. The molecule has 3 nitrogen and oxygen atoms in total. The van der Waals surface area contributed by atoms with Crippen molar-refractivity contribution in [2.45, 2.75) is 19.9 Å². The highest BCUT2D eigenvalue weighted by Crippen LogP contribution is 2.28. The lowest BCUT2D eigenvalue weighted by Crippen LogP contribution is -2.00. The maximum absolute atomic E-state index is 12.2. The van der Waals surface area contributed by atoms with Gasteiger partial charge in [0.25, 0.3) is 0 Å². The van der Waals surface area contributed by atoms with Gasteiger partial charge < -0.3 is 0 Å². The molecule has 2 heterocycles. The van der Waals surface area contributed by atoms with Crippen LogP contribution in [0, 0.1) is 0 Å². The Morgan fingerprint density at radius 2 is 1.96 bits per heavy atom. The molecule has 0 aliphatic rings. The van der Waals surface area contributed by atoms with E-state index < -0.39 is 0 Å². The molecule has 1 aromatic carbocycles. The minimum absolute atomic E-state index is 0.0217. The van der Waals surface area contributed by atoms with Crippen LogP contribution in [-0.4, -0.2) is 15.6 Å². The minimum atomic E-state index is -0.0217. The second-order valence-corrected chi connectivity index (χ2v) is 6.68. The van der Waals surface area contributed by atoms with Crippen LogP contribution in [0.15, 0.2) is 60.9 Å². The van der Waals surface area contributed by atoms with Gasteiger partial charge in [-0.2, -0.15) is 5.10 Å². The Morgan fingerprint density at radius 1 is 1.17 bits per heavy atom. The van der Waals surface area contributed by atoms with Crippen molar-refractivity contribution in [3.8, 4) is 10.4 Å². The predicted octanol–water partition coefficient (Wildman–Crippen LogP) is 5.09. The van der Waals surface area contributed by atoms with E-state index in [0.717, 1.165) is 4.88 Å². The van der Waals surface area contributed by atoms with Gasteiger partial charge in [-0.3, -0.25) is 9.48 Å². The first-order valence-electron chi connectivity index (χ1n) is 7.55. The van der Waals surface area contributed by atoms with Gasteiger partial charge in [-0.1, -0.05) is 30.3 Å². The maximum Gasteiger partial charge on any atom is 0.189 e. The van der Waals surface area contributed by atoms with Gasteiger partial charge in [0.1, 0.15) is 0 Å². The summed E-state index contributed by atoms with van der Waals surface area (Å²) in [4.78, 5) is 14.5. The fourth-order valence-electron chi connectivity index (χ4n) is 2.20. The largest absolute Gasteiger partial charge is 0.289 e. The zero-order valence-corrected chi connectivity index (χ0v) is 14.0. The summed E-state index contributed by atoms with van der Waals surface area (Å²) in [6.45, 7) is 4.07. The van der Waals surface area contributed by atoms with Crippen LogP contribution in [0.3, 0.4) is 0 Å². The van der Waals surface area contributed by atoms with Gasteiger partial charge in [0.05, 0.1) is 11.8 Å². The standard InChI is InChI=1S/C19H18N2OS/c1-14(2)21-13-16(12-20-21)18(22)10-8-17-9-11-19(23-17)15-6-4-3-5-7-15/h3-14H,1-2H3/b10-8+. The van der Waals surface area contributed by atoms with Crippen LogP contribution in [0.25, 0.3) is 16.5 Å². The number of hydrogen-bond acceptors (Lipinski definition) is 3. The van der Waals surface area contributed by atoms with Crippen LogP contribution >= 0.6 is 11.3 Å². The summed E-state index contributed by atoms with van der Waals surface area (Å²) < 4.78 is 1.79. The normalized spacial score (nSPS) is 11.4. The monoisotopic (exact) mass is 322 g/mol. The van der Waals surface area contributed by atoms with Crippen LogP contribution in [-0.2, 0) is 0 Å². The Kier molecular flexibility index (Phi) is 4.53. The minimum Gasteiger partial charge on any atom is -0.289 e. The summed E-state index contributed by atoms with van der Waals surface area (Å²) in [6, 6.07) is 14.6. The fraction of sp³-hybridized carbons (Fsp3) is 0.158. The number of carbonyl (C=O) groups is 1. The first-order chi connectivity index (χ1) is 11.1. The second kappa shape index (κ2) is 6.75. The van der Waals surface area contributed by atoms with E-state index in [2.05, 4.69) is 23.3 Å². The number of benzene rings is 1. The van der Waals surface area contributed by atoms with E-state index in [1.54, 1.807) is 34.5 Å². The van der Waals surface area contributed by atoms with Crippen LogP contribution < -0.4 is 0 Å². The molecule has 0 N–H and O–H groups in total. The van der Waals surface area contributed by atoms with Crippen molar-refractivity contribution in [1.29, 1.82) is 0 Å².